The monoisotopic (exact) mass is 328 g/mol. The first-order chi connectivity index (χ1) is 9.22. The van der Waals surface area contributed by atoms with Gasteiger partial charge in [-0.1, -0.05) is 0 Å². The Hall–Kier alpha value is -0.820. The number of halogens is 1. The van der Waals surface area contributed by atoms with E-state index in [4.69, 9.17) is 14.8 Å². The van der Waals surface area contributed by atoms with Gasteiger partial charge in [0, 0.05) is 42.2 Å². The molecule has 5 nitrogen and oxygen atoms in total. The fraction of sp³-hybridized carbons (Fsp3) is 0.538. The number of aliphatic hydroxyl groups excluding tert-OH is 1. The standard InChI is InChI=1S/C12H15BrN3O.CH4O/c1-16-5-4-14-8-10(16)11(15-12(16)13)9-2-6-17-7-3-9;1-2/h4-5,8-9H,2-3,6-7H2,1H3;2H,1H3/q+1;. The maximum atomic E-state index is 7.00. The number of allylic oxidation sites excluding steroid dienone is 2. The van der Waals surface area contributed by atoms with Gasteiger partial charge in [0.05, 0.1) is 19.5 Å². The fourth-order valence-electron chi connectivity index (χ4n) is 2.48. The molecule has 3 rings (SSSR count). The van der Waals surface area contributed by atoms with Crippen LogP contribution in [0.2, 0.25) is 0 Å². The lowest BCUT2D eigenvalue weighted by molar-refractivity contribution is -0.709. The minimum absolute atomic E-state index is 0.504. The van der Waals surface area contributed by atoms with Crippen molar-refractivity contribution in [3.63, 3.8) is 0 Å². The van der Waals surface area contributed by atoms with Gasteiger partial charge in [-0.15, -0.1) is 0 Å². The summed E-state index contributed by atoms with van der Waals surface area (Å²) in [6.45, 7) is 1.68. The number of quaternary nitrogens is 1. The van der Waals surface area contributed by atoms with Crippen LogP contribution in [0, 0.1) is 5.92 Å². The lowest BCUT2D eigenvalue weighted by atomic mass is 9.95. The Morgan fingerprint density at radius 2 is 2.05 bits per heavy atom. The Morgan fingerprint density at radius 1 is 1.37 bits per heavy atom. The highest BCUT2D eigenvalue weighted by Crippen LogP contribution is 2.38. The van der Waals surface area contributed by atoms with Gasteiger partial charge >= 0.3 is 0 Å². The molecule has 3 heterocycles. The van der Waals surface area contributed by atoms with Crippen molar-refractivity contribution in [3.05, 3.63) is 23.8 Å². The third-order valence-electron chi connectivity index (χ3n) is 3.61. The molecule has 0 aromatic rings. The number of rotatable bonds is 1. The van der Waals surface area contributed by atoms with Crippen molar-refractivity contribution in [2.24, 2.45) is 15.9 Å². The molecule has 6 heteroatoms. The average Bonchev–Trinajstić information content (AvgIpc) is 2.74. The van der Waals surface area contributed by atoms with Crippen LogP contribution in [0.25, 0.3) is 0 Å². The molecule has 1 N–H and O–H groups in total. The molecule has 0 saturated carbocycles. The Balaban J connectivity index is 0.000000637. The molecule has 1 atom stereocenters. The number of aliphatic hydroxyl groups is 1. The van der Waals surface area contributed by atoms with Crippen LogP contribution in [-0.4, -0.2) is 47.9 Å². The number of ether oxygens (including phenoxy) is 1. The van der Waals surface area contributed by atoms with E-state index in [-0.39, 0.29) is 0 Å². The molecule has 0 aromatic carbocycles. The Morgan fingerprint density at radius 3 is 2.74 bits per heavy atom. The topological polar surface area (TPSA) is 54.2 Å². The van der Waals surface area contributed by atoms with Gasteiger partial charge in [-0.25, -0.2) is 4.48 Å². The van der Waals surface area contributed by atoms with Crippen molar-refractivity contribution >= 4 is 26.9 Å². The molecular formula is C13H19BrN3O2+. The molecule has 3 aliphatic rings. The van der Waals surface area contributed by atoms with E-state index in [1.807, 2.05) is 12.4 Å². The molecule has 0 bridgehead atoms. The number of nitrogens with zero attached hydrogens (tertiary/aromatic N) is 3. The van der Waals surface area contributed by atoms with Crippen LogP contribution in [0.15, 0.2) is 33.8 Å². The quantitative estimate of drug-likeness (QED) is 0.591. The van der Waals surface area contributed by atoms with Gasteiger partial charge in [0.1, 0.15) is 11.9 Å². The Labute approximate surface area is 121 Å². The van der Waals surface area contributed by atoms with E-state index in [0.717, 1.165) is 37.9 Å². The summed E-state index contributed by atoms with van der Waals surface area (Å²) in [4.78, 5) is 8.96. The van der Waals surface area contributed by atoms with Crippen LogP contribution in [0.4, 0.5) is 0 Å². The van der Waals surface area contributed by atoms with E-state index in [0.29, 0.717) is 10.4 Å². The van der Waals surface area contributed by atoms with Crippen molar-refractivity contribution in [2.45, 2.75) is 12.8 Å². The summed E-state index contributed by atoms with van der Waals surface area (Å²) >= 11 is 3.58. The summed E-state index contributed by atoms with van der Waals surface area (Å²) < 4.78 is 6.96. The largest absolute Gasteiger partial charge is 0.400 e. The van der Waals surface area contributed by atoms with Crippen LogP contribution < -0.4 is 0 Å². The van der Waals surface area contributed by atoms with Crippen molar-refractivity contribution in [1.82, 2.24) is 0 Å². The van der Waals surface area contributed by atoms with Crippen molar-refractivity contribution in [2.75, 3.05) is 27.4 Å². The normalized spacial score (nSPS) is 29.8. The molecule has 0 aromatic heterocycles. The molecule has 3 aliphatic heterocycles. The van der Waals surface area contributed by atoms with Gasteiger partial charge < -0.3 is 9.84 Å². The van der Waals surface area contributed by atoms with E-state index in [1.54, 1.807) is 0 Å². The molecule has 0 amide bonds. The highest BCUT2D eigenvalue weighted by molar-refractivity contribution is 9.18. The summed E-state index contributed by atoms with van der Waals surface area (Å²) in [5, 5.41) is 7.00. The smallest absolute Gasteiger partial charge is 0.281 e. The first-order valence-corrected chi connectivity index (χ1v) is 7.10. The van der Waals surface area contributed by atoms with E-state index >= 15 is 0 Å². The van der Waals surface area contributed by atoms with E-state index in [2.05, 4.69) is 34.2 Å². The van der Waals surface area contributed by atoms with E-state index in [1.165, 1.54) is 11.4 Å². The minimum atomic E-state index is 0.504. The third-order valence-corrected chi connectivity index (χ3v) is 4.53. The molecule has 19 heavy (non-hydrogen) atoms. The van der Waals surface area contributed by atoms with Crippen LogP contribution in [0.1, 0.15) is 12.8 Å². The maximum Gasteiger partial charge on any atom is 0.281 e. The zero-order valence-electron chi connectivity index (χ0n) is 11.2. The first kappa shape index (κ1) is 14.6. The summed E-state index contributed by atoms with van der Waals surface area (Å²) in [5.41, 5.74) is 2.36. The zero-order chi connectivity index (χ0) is 13.9. The highest BCUT2D eigenvalue weighted by atomic mass is 79.9. The van der Waals surface area contributed by atoms with Crippen molar-refractivity contribution in [1.29, 1.82) is 0 Å². The molecule has 0 spiro atoms. The maximum absolute atomic E-state index is 7.00. The molecule has 0 aliphatic carbocycles. The molecule has 1 fully saturated rings. The molecule has 104 valence electrons. The first-order valence-electron chi connectivity index (χ1n) is 6.31. The zero-order valence-corrected chi connectivity index (χ0v) is 12.8. The molecule has 1 saturated heterocycles. The van der Waals surface area contributed by atoms with Gasteiger partial charge in [0.25, 0.3) is 4.74 Å². The van der Waals surface area contributed by atoms with Gasteiger partial charge in [-0.2, -0.15) is 4.99 Å². The summed E-state index contributed by atoms with van der Waals surface area (Å²) in [5.74, 6) is 0.504. The fourth-order valence-corrected chi connectivity index (χ4v) is 2.98. The molecule has 1 unspecified atom stereocenters. The third kappa shape index (κ3) is 2.58. The predicted octanol–water partition coefficient (Wildman–Crippen LogP) is 2.00. The number of hydrogen-bond acceptors (Lipinski definition) is 4. The number of fused-ring (bicyclic) bond motifs is 1. The number of hydrogen-bond donors (Lipinski definition) is 1. The van der Waals surface area contributed by atoms with Crippen LogP contribution in [0.5, 0.6) is 0 Å². The lowest BCUT2D eigenvalue weighted by Gasteiger charge is -2.26. The summed E-state index contributed by atoms with van der Waals surface area (Å²) in [6, 6.07) is 0. The SMILES string of the molecule is CO.C[N+]12C=CN=CC1=C(C1CCOCC1)N=C2Br. The van der Waals surface area contributed by atoms with E-state index < -0.39 is 0 Å². The second kappa shape index (κ2) is 6.09. The summed E-state index contributed by atoms with van der Waals surface area (Å²) in [7, 11) is 3.12. The Bertz CT molecular complexity index is 465. The van der Waals surface area contributed by atoms with E-state index in [9.17, 15) is 0 Å². The molecular weight excluding hydrogens is 310 g/mol. The predicted molar refractivity (Wildman–Crippen MR) is 78.9 cm³/mol. The van der Waals surface area contributed by atoms with Crippen molar-refractivity contribution in [3.8, 4) is 0 Å². The van der Waals surface area contributed by atoms with Gasteiger partial charge in [0.2, 0.25) is 0 Å². The van der Waals surface area contributed by atoms with Gasteiger partial charge in [-0.05, 0) is 12.8 Å². The van der Waals surface area contributed by atoms with Crippen molar-refractivity contribution < 1.29 is 14.3 Å². The number of aliphatic imine (C=N–C) groups is 2. The second-order valence-electron chi connectivity index (χ2n) is 4.69. The van der Waals surface area contributed by atoms with Crippen LogP contribution in [0.3, 0.4) is 0 Å². The summed E-state index contributed by atoms with van der Waals surface area (Å²) in [6.07, 6.45) is 7.92. The molecule has 0 radical (unpaired) electrons. The van der Waals surface area contributed by atoms with Crippen LogP contribution >= 0.6 is 15.9 Å². The van der Waals surface area contributed by atoms with Gasteiger partial charge in [0.15, 0.2) is 5.70 Å². The Kier molecular flexibility index (Phi) is 4.67. The second-order valence-corrected chi connectivity index (χ2v) is 5.40. The lowest BCUT2D eigenvalue weighted by Crippen LogP contribution is -2.39. The average molecular weight is 329 g/mol. The number of amidine groups is 1. The highest BCUT2D eigenvalue weighted by Gasteiger charge is 2.42. The van der Waals surface area contributed by atoms with Crippen LogP contribution in [-0.2, 0) is 4.74 Å². The minimum Gasteiger partial charge on any atom is -0.400 e. The van der Waals surface area contributed by atoms with Gasteiger partial charge in [-0.3, -0.25) is 4.99 Å².